The van der Waals surface area contributed by atoms with Crippen molar-refractivity contribution in [2.24, 2.45) is 5.41 Å². The van der Waals surface area contributed by atoms with E-state index in [0.717, 1.165) is 0 Å². The summed E-state index contributed by atoms with van der Waals surface area (Å²) in [6.07, 6.45) is 0. The van der Waals surface area contributed by atoms with Gasteiger partial charge in [0, 0.05) is 0 Å². The maximum Gasteiger partial charge on any atom is 0.312 e. The second-order valence-corrected chi connectivity index (χ2v) is 4.30. The molecular formula is C12H15FO2. The Balaban J connectivity index is 3.19. The molecule has 1 aromatic rings. The van der Waals surface area contributed by atoms with Crippen LogP contribution in [-0.4, -0.2) is 11.1 Å². The highest BCUT2D eigenvalue weighted by Crippen LogP contribution is 2.42. The zero-order valence-corrected chi connectivity index (χ0v) is 9.12. The molecule has 0 saturated heterocycles. The number of carbonyl (C=O) groups is 1. The molecule has 0 saturated carbocycles. The number of alkyl halides is 1. The second kappa shape index (κ2) is 3.65. The van der Waals surface area contributed by atoms with Crippen LogP contribution >= 0.6 is 0 Å². The first-order valence-corrected chi connectivity index (χ1v) is 4.78. The van der Waals surface area contributed by atoms with E-state index >= 15 is 0 Å². The molecule has 0 fully saturated rings. The van der Waals surface area contributed by atoms with Gasteiger partial charge >= 0.3 is 5.97 Å². The monoisotopic (exact) mass is 210 g/mol. The van der Waals surface area contributed by atoms with Gasteiger partial charge in [-0.2, -0.15) is 0 Å². The number of rotatable bonds is 3. The first-order valence-electron chi connectivity index (χ1n) is 4.78. The average molecular weight is 210 g/mol. The number of hydrogen-bond donors (Lipinski definition) is 1. The summed E-state index contributed by atoms with van der Waals surface area (Å²) in [5.74, 6) is -1.14. The van der Waals surface area contributed by atoms with Crippen molar-refractivity contribution in [3.63, 3.8) is 0 Å². The Morgan fingerprint density at radius 2 is 1.67 bits per heavy atom. The number of benzene rings is 1. The van der Waals surface area contributed by atoms with Gasteiger partial charge in [-0.15, -0.1) is 0 Å². The predicted octanol–water partition coefficient (Wildman–Crippen LogP) is 2.98. The molecule has 3 heteroatoms. The van der Waals surface area contributed by atoms with Gasteiger partial charge in [-0.05, 0) is 26.3 Å². The van der Waals surface area contributed by atoms with Crippen LogP contribution in [0.15, 0.2) is 30.3 Å². The van der Waals surface area contributed by atoms with Crippen molar-refractivity contribution < 1.29 is 14.3 Å². The molecule has 0 heterocycles. The Kier molecular flexibility index (Phi) is 2.84. The van der Waals surface area contributed by atoms with Crippen molar-refractivity contribution >= 4 is 5.97 Å². The van der Waals surface area contributed by atoms with Crippen LogP contribution in [0.4, 0.5) is 4.39 Å². The molecule has 0 radical (unpaired) electrons. The normalized spacial score (nSPS) is 15.7. The third-order valence-electron chi connectivity index (χ3n) is 3.02. The first kappa shape index (κ1) is 11.7. The minimum absolute atomic E-state index is 0.386. The highest BCUT2D eigenvalue weighted by molar-refractivity contribution is 5.75. The van der Waals surface area contributed by atoms with E-state index in [9.17, 15) is 9.18 Å². The predicted molar refractivity (Wildman–Crippen MR) is 56.3 cm³/mol. The molecule has 1 aromatic carbocycles. The summed E-state index contributed by atoms with van der Waals surface area (Å²) in [5.41, 5.74) is -2.95. The Bertz CT molecular complexity index is 355. The Labute approximate surface area is 88.7 Å². The topological polar surface area (TPSA) is 37.3 Å². The van der Waals surface area contributed by atoms with E-state index in [0.29, 0.717) is 5.56 Å². The van der Waals surface area contributed by atoms with Gasteiger partial charge in [0.15, 0.2) is 0 Å². The van der Waals surface area contributed by atoms with Crippen molar-refractivity contribution in [1.82, 2.24) is 0 Å². The maximum absolute atomic E-state index is 14.5. The van der Waals surface area contributed by atoms with Crippen LogP contribution in [-0.2, 0) is 10.5 Å². The van der Waals surface area contributed by atoms with Gasteiger partial charge in [0.25, 0.3) is 0 Å². The van der Waals surface area contributed by atoms with Gasteiger partial charge in [-0.3, -0.25) is 4.79 Å². The molecule has 0 aliphatic carbocycles. The second-order valence-electron chi connectivity index (χ2n) is 4.30. The van der Waals surface area contributed by atoms with Crippen LogP contribution in [0.5, 0.6) is 0 Å². The third-order valence-corrected chi connectivity index (χ3v) is 3.02. The summed E-state index contributed by atoms with van der Waals surface area (Å²) in [6, 6.07) is 8.37. The molecule has 1 atom stereocenters. The number of aliphatic carboxylic acids is 1. The van der Waals surface area contributed by atoms with Gasteiger partial charge in [-0.25, -0.2) is 4.39 Å². The van der Waals surface area contributed by atoms with E-state index < -0.39 is 17.1 Å². The number of carboxylic acid groups (broad SMARTS) is 1. The molecule has 15 heavy (non-hydrogen) atoms. The minimum atomic E-state index is -1.89. The molecule has 0 aromatic heterocycles. The van der Waals surface area contributed by atoms with E-state index in [-0.39, 0.29) is 0 Å². The van der Waals surface area contributed by atoms with Crippen LogP contribution in [0.3, 0.4) is 0 Å². The van der Waals surface area contributed by atoms with Gasteiger partial charge in [0.05, 0.1) is 0 Å². The van der Waals surface area contributed by atoms with E-state index in [4.69, 9.17) is 5.11 Å². The summed E-state index contributed by atoms with van der Waals surface area (Å²) in [5, 5.41) is 9.00. The average Bonchev–Trinajstić information content (AvgIpc) is 2.18. The van der Waals surface area contributed by atoms with Crippen LogP contribution < -0.4 is 0 Å². The van der Waals surface area contributed by atoms with Crippen LogP contribution in [0.2, 0.25) is 0 Å². The maximum atomic E-state index is 14.5. The van der Waals surface area contributed by atoms with Crippen LogP contribution in [0, 0.1) is 5.41 Å². The molecule has 82 valence electrons. The fraction of sp³-hybridized carbons (Fsp3) is 0.417. The van der Waals surface area contributed by atoms with Crippen molar-refractivity contribution in [2.45, 2.75) is 26.4 Å². The standard InChI is InChI=1S/C12H15FO2/c1-11(2,10(14)15)12(3,13)9-7-5-4-6-8-9/h4-8H,1-3H3,(H,14,15). The quantitative estimate of drug-likeness (QED) is 0.832. The minimum Gasteiger partial charge on any atom is -0.481 e. The lowest BCUT2D eigenvalue weighted by Gasteiger charge is -2.34. The van der Waals surface area contributed by atoms with Crippen molar-refractivity contribution in [1.29, 1.82) is 0 Å². The molecule has 1 N–H and O–H groups in total. The lowest BCUT2D eigenvalue weighted by Crippen LogP contribution is -2.41. The van der Waals surface area contributed by atoms with E-state index in [1.54, 1.807) is 30.3 Å². The lowest BCUT2D eigenvalue weighted by atomic mass is 9.73. The van der Waals surface area contributed by atoms with Gasteiger partial charge < -0.3 is 5.11 Å². The number of hydrogen-bond acceptors (Lipinski definition) is 1. The summed E-state index contributed by atoms with van der Waals surface area (Å²) >= 11 is 0. The summed E-state index contributed by atoms with van der Waals surface area (Å²) < 4.78 is 14.5. The molecule has 0 aliphatic rings. The van der Waals surface area contributed by atoms with Crippen molar-refractivity contribution in [3.8, 4) is 0 Å². The zero-order valence-electron chi connectivity index (χ0n) is 9.12. The molecule has 0 bridgehead atoms. The molecule has 1 unspecified atom stereocenters. The largest absolute Gasteiger partial charge is 0.481 e. The summed E-state index contributed by atoms with van der Waals surface area (Å²) in [6.45, 7) is 4.08. The molecule has 0 aliphatic heterocycles. The summed E-state index contributed by atoms with van der Waals surface area (Å²) in [4.78, 5) is 11.0. The molecule has 0 amide bonds. The van der Waals surface area contributed by atoms with Crippen molar-refractivity contribution in [2.75, 3.05) is 0 Å². The van der Waals surface area contributed by atoms with Crippen molar-refractivity contribution in [3.05, 3.63) is 35.9 Å². The number of halogens is 1. The Morgan fingerprint density at radius 3 is 2.07 bits per heavy atom. The first-order chi connectivity index (χ1) is 6.80. The van der Waals surface area contributed by atoms with Crippen LogP contribution in [0.1, 0.15) is 26.3 Å². The molecule has 2 nitrogen and oxygen atoms in total. The van der Waals surface area contributed by atoms with Gasteiger partial charge in [0.2, 0.25) is 0 Å². The molecule has 0 spiro atoms. The molecule has 1 rings (SSSR count). The van der Waals surface area contributed by atoms with E-state index in [1.165, 1.54) is 20.8 Å². The van der Waals surface area contributed by atoms with E-state index in [2.05, 4.69) is 0 Å². The SMILES string of the molecule is CC(C)(C(=O)O)C(C)(F)c1ccccc1. The fourth-order valence-electron chi connectivity index (χ4n) is 1.31. The smallest absolute Gasteiger partial charge is 0.312 e. The Morgan fingerprint density at radius 1 is 1.20 bits per heavy atom. The lowest BCUT2D eigenvalue weighted by molar-refractivity contribution is -0.156. The van der Waals surface area contributed by atoms with E-state index in [1.807, 2.05) is 0 Å². The highest BCUT2D eigenvalue weighted by Gasteiger charge is 2.48. The highest BCUT2D eigenvalue weighted by atomic mass is 19.1. The summed E-state index contributed by atoms with van der Waals surface area (Å²) in [7, 11) is 0. The van der Waals surface area contributed by atoms with Gasteiger partial charge in [-0.1, -0.05) is 30.3 Å². The fourth-order valence-corrected chi connectivity index (χ4v) is 1.31. The third kappa shape index (κ3) is 1.87. The number of carboxylic acids is 1. The van der Waals surface area contributed by atoms with Crippen LogP contribution in [0.25, 0.3) is 0 Å². The van der Waals surface area contributed by atoms with Gasteiger partial charge in [0.1, 0.15) is 11.1 Å². The molecular weight excluding hydrogens is 195 g/mol. The zero-order chi connectivity index (χ0) is 11.7. The Hall–Kier alpha value is -1.38.